The molecule has 3 amide bonds. The van der Waals surface area contributed by atoms with Crippen molar-refractivity contribution in [3.63, 3.8) is 0 Å². The first-order valence-corrected chi connectivity index (χ1v) is 15.7. The minimum absolute atomic E-state index is 0.125. The minimum Gasteiger partial charge on any atom is -0.456 e. The van der Waals surface area contributed by atoms with Crippen LogP contribution in [-0.4, -0.2) is 103 Å². The van der Waals surface area contributed by atoms with Crippen LogP contribution in [0.5, 0.6) is 0 Å². The number of rotatable bonds is 10. The molecule has 3 aliphatic carbocycles. The minimum atomic E-state index is -0.769. The molecule has 2 saturated heterocycles. The van der Waals surface area contributed by atoms with Crippen LogP contribution >= 0.6 is 0 Å². The largest absolute Gasteiger partial charge is 0.456 e. The second-order valence-electron chi connectivity index (χ2n) is 12.6. The summed E-state index contributed by atoms with van der Waals surface area (Å²) >= 11 is 0. The number of hydrogen-bond acceptors (Lipinski definition) is 8. The summed E-state index contributed by atoms with van der Waals surface area (Å²) in [6, 6.07) is 6.21. The van der Waals surface area contributed by atoms with Crippen LogP contribution in [0.1, 0.15) is 60.9 Å². The van der Waals surface area contributed by atoms with Gasteiger partial charge in [0.05, 0.1) is 12.2 Å². The maximum Gasteiger partial charge on any atom is 0.338 e. The van der Waals surface area contributed by atoms with E-state index in [-0.39, 0.29) is 49.1 Å². The molecule has 2 saturated carbocycles. The van der Waals surface area contributed by atoms with Crippen molar-refractivity contribution in [1.82, 2.24) is 15.1 Å². The molecular weight excluding hydrogens is 566 g/mol. The number of hydrogen-bond donors (Lipinski definition) is 2. The third-order valence-corrected chi connectivity index (χ3v) is 9.15. The quantitative estimate of drug-likeness (QED) is 0.305. The first kappa shape index (κ1) is 30.5. The number of esters is 1. The molecule has 5 aliphatic rings. The van der Waals surface area contributed by atoms with E-state index >= 15 is 0 Å². The number of fused-ring (bicyclic) bond motifs is 1. The van der Waals surface area contributed by atoms with E-state index in [1.807, 2.05) is 6.08 Å². The molecule has 2 N–H and O–H groups in total. The first-order valence-electron chi connectivity index (χ1n) is 15.7. The van der Waals surface area contributed by atoms with Crippen LogP contribution < -0.4 is 5.32 Å². The van der Waals surface area contributed by atoms with Crippen LogP contribution in [0.2, 0.25) is 0 Å². The molecule has 11 heteroatoms. The number of aliphatic hydroxyl groups is 1. The molecule has 4 atom stereocenters. The number of ether oxygens (including phenoxy) is 3. The number of nitrogens with zero attached hydrogens (tertiary/aromatic N) is 2. The van der Waals surface area contributed by atoms with Gasteiger partial charge in [-0.15, -0.1) is 0 Å². The molecular formula is C33H41N3O8. The van der Waals surface area contributed by atoms with Crippen molar-refractivity contribution in [2.24, 2.45) is 11.8 Å². The topological polar surface area (TPSA) is 135 Å². The summed E-state index contributed by atoms with van der Waals surface area (Å²) in [5.41, 5.74) is 1.43. The monoisotopic (exact) mass is 607 g/mol. The highest BCUT2D eigenvalue weighted by Gasteiger charge is 2.64. The molecule has 11 nitrogen and oxygen atoms in total. The summed E-state index contributed by atoms with van der Waals surface area (Å²) in [5, 5.41) is 11.8. The molecule has 0 spiro atoms. The normalized spacial score (nSPS) is 27.5. The Labute approximate surface area is 257 Å². The van der Waals surface area contributed by atoms with Crippen molar-refractivity contribution in [3.8, 4) is 0 Å². The first-order chi connectivity index (χ1) is 21.2. The van der Waals surface area contributed by atoms with Gasteiger partial charge in [0.1, 0.15) is 24.4 Å². The predicted molar refractivity (Wildman–Crippen MR) is 159 cm³/mol. The molecule has 6 rings (SSSR count). The van der Waals surface area contributed by atoms with E-state index in [2.05, 4.69) is 5.32 Å². The molecule has 4 fully saturated rings. The van der Waals surface area contributed by atoms with Gasteiger partial charge in [-0.3, -0.25) is 14.4 Å². The molecule has 0 radical (unpaired) electrons. The number of amides is 3. The van der Waals surface area contributed by atoms with Gasteiger partial charge >= 0.3 is 5.97 Å². The molecule has 1 aromatic rings. The van der Waals surface area contributed by atoms with Crippen molar-refractivity contribution >= 4 is 29.8 Å². The van der Waals surface area contributed by atoms with E-state index in [1.54, 1.807) is 49.3 Å². The Morgan fingerprint density at radius 2 is 1.86 bits per heavy atom. The number of nitrogens with one attached hydrogen (secondary N) is 1. The Bertz CT molecular complexity index is 1350. The van der Waals surface area contributed by atoms with Crippen LogP contribution in [0, 0.1) is 11.8 Å². The van der Waals surface area contributed by atoms with Gasteiger partial charge in [0, 0.05) is 57.1 Å². The van der Waals surface area contributed by atoms with E-state index in [1.165, 1.54) is 11.0 Å². The molecule has 0 aromatic heterocycles. The summed E-state index contributed by atoms with van der Waals surface area (Å²) in [6.07, 6.45) is 8.46. The van der Waals surface area contributed by atoms with E-state index in [0.717, 1.165) is 25.7 Å². The van der Waals surface area contributed by atoms with Gasteiger partial charge in [-0.2, -0.15) is 0 Å². The highest BCUT2D eigenvalue weighted by molar-refractivity contribution is 5.98. The molecule has 0 unspecified atom stereocenters. The number of aliphatic hydroxyl groups excluding tert-OH is 1. The summed E-state index contributed by atoms with van der Waals surface area (Å²) < 4.78 is 19.5. The molecule has 0 bridgehead atoms. The Kier molecular flexibility index (Phi) is 8.63. The number of benzene rings is 1. The van der Waals surface area contributed by atoms with E-state index in [9.17, 15) is 19.2 Å². The maximum absolute atomic E-state index is 13.9. The summed E-state index contributed by atoms with van der Waals surface area (Å²) in [4.78, 5) is 55.2. The maximum atomic E-state index is 13.9. The lowest BCUT2D eigenvalue weighted by atomic mass is 9.91. The van der Waals surface area contributed by atoms with E-state index in [0.29, 0.717) is 36.1 Å². The van der Waals surface area contributed by atoms with Crippen molar-refractivity contribution in [3.05, 3.63) is 53.1 Å². The molecule has 236 valence electrons. The van der Waals surface area contributed by atoms with Crippen molar-refractivity contribution in [1.29, 1.82) is 0 Å². The Hall–Kier alpha value is -3.54. The Morgan fingerprint density at radius 3 is 2.55 bits per heavy atom. The number of carbonyl (C=O) groups excluding carboxylic acids is 4. The van der Waals surface area contributed by atoms with Crippen molar-refractivity contribution in [2.75, 3.05) is 33.8 Å². The zero-order valence-corrected chi connectivity index (χ0v) is 25.3. The van der Waals surface area contributed by atoms with Crippen LogP contribution in [-0.2, 0) is 28.6 Å². The summed E-state index contributed by atoms with van der Waals surface area (Å²) in [6.45, 7) is 0.385. The van der Waals surface area contributed by atoms with Crippen molar-refractivity contribution < 1.29 is 38.5 Å². The Balaban J connectivity index is 1.23. The van der Waals surface area contributed by atoms with Crippen LogP contribution in [0.4, 0.5) is 0 Å². The van der Waals surface area contributed by atoms with Gasteiger partial charge in [-0.25, -0.2) is 4.79 Å². The number of likely N-dealkylation sites (N-methyl/N-ethyl adjacent to an activating group) is 1. The average Bonchev–Trinajstić information content (AvgIpc) is 3.97. The van der Waals surface area contributed by atoms with Gasteiger partial charge in [0.15, 0.2) is 5.79 Å². The fraction of sp³-hybridized carbons (Fsp3) is 0.576. The molecule has 2 aliphatic heterocycles. The third-order valence-electron chi connectivity index (χ3n) is 9.15. The van der Waals surface area contributed by atoms with Crippen molar-refractivity contribution in [2.45, 2.75) is 75.1 Å². The smallest absolute Gasteiger partial charge is 0.338 e. The lowest BCUT2D eigenvalue weighted by Gasteiger charge is -2.33. The average molecular weight is 608 g/mol. The lowest BCUT2D eigenvalue weighted by molar-refractivity contribution is -0.209. The highest BCUT2D eigenvalue weighted by atomic mass is 16.8. The molecule has 44 heavy (non-hydrogen) atoms. The van der Waals surface area contributed by atoms with Gasteiger partial charge in [0.25, 0.3) is 0 Å². The molecule has 2 heterocycles. The predicted octanol–water partition coefficient (Wildman–Crippen LogP) is 2.04. The summed E-state index contributed by atoms with van der Waals surface area (Å²) in [5.74, 6) is -1.44. The van der Waals surface area contributed by atoms with Gasteiger partial charge in [-0.05, 0) is 68.4 Å². The second-order valence-corrected chi connectivity index (χ2v) is 12.6. The third kappa shape index (κ3) is 6.18. The zero-order valence-electron chi connectivity index (χ0n) is 25.3. The zero-order chi connectivity index (χ0) is 31.0. The fourth-order valence-corrected chi connectivity index (χ4v) is 6.61. The standard InChI is InChI=1S/C33H41N3O8/c1-35(2)28(38)13-8-20-5-3-6-21(17-20)32(41)42-26-18-22(31(40)36-15-4-7-25(36)30(39)34-14-16-37)19-27-29(26)44-33(43-27,23-9-10-23)24-11-12-24/h3,5-6,8,13,17,19,23-27,29,37H,4,7,9-12,14-16,18H2,1-2H3,(H,34,39)/t25-,26-,27-,29+/m1/s1. The van der Waals surface area contributed by atoms with Crippen LogP contribution in [0.25, 0.3) is 6.08 Å². The number of likely N-dealkylation sites (tertiary alicyclic amines) is 1. The number of carbonyl (C=O) groups is 4. The van der Waals surface area contributed by atoms with Gasteiger partial charge < -0.3 is 34.4 Å². The lowest BCUT2D eigenvalue weighted by Crippen LogP contribution is -2.49. The summed E-state index contributed by atoms with van der Waals surface area (Å²) in [7, 11) is 3.33. The van der Waals surface area contributed by atoms with Crippen LogP contribution in [0.15, 0.2) is 42.0 Å². The second kappa shape index (κ2) is 12.5. The Morgan fingerprint density at radius 1 is 1.11 bits per heavy atom. The van der Waals surface area contributed by atoms with E-state index in [4.69, 9.17) is 19.3 Å². The highest BCUT2D eigenvalue weighted by Crippen LogP contribution is 2.59. The van der Waals surface area contributed by atoms with Crippen LogP contribution in [0.3, 0.4) is 0 Å². The molecule has 1 aromatic carbocycles. The SMILES string of the molecule is CN(C)C(=O)C=Cc1cccc(C(=O)O[C@@H]2CC(C(=O)N3CCC[C@@H]3C(=O)NCCO)=C[C@H]3OC(C4CC4)(C4CC4)O[C@H]32)c1. The van der Waals surface area contributed by atoms with Gasteiger partial charge in [0.2, 0.25) is 17.7 Å². The van der Waals surface area contributed by atoms with E-state index < -0.39 is 36.1 Å². The fourth-order valence-electron chi connectivity index (χ4n) is 6.61. The van der Waals surface area contributed by atoms with Gasteiger partial charge in [-0.1, -0.05) is 12.1 Å².